The fraction of sp³-hybridized carbons (Fsp3) is 0.321. The summed E-state index contributed by atoms with van der Waals surface area (Å²) in [5, 5.41) is 14.3. The summed E-state index contributed by atoms with van der Waals surface area (Å²) in [7, 11) is 3.43. The van der Waals surface area contributed by atoms with E-state index in [9.17, 15) is 17.6 Å². The van der Waals surface area contributed by atoms with Gasteiger partial charge in [0.25, 0.3) is 0 Å². The van der Waals surface area contributed by atoms with Crippen LogP contribution in [0.5, 0.6) is 11.6 Å². The number of tetrazole rings is 1. The molecule has 5 aromatic rings. The highest BCUT2D eigenvalue weighted by Crippen LogP contribution is 2.40. The Morgan fingerprint density at radius 1 is 1.14 bits per heavy atom. The molecule has 0 amide bonds. The van der Waals surface area contributed by atoms with Crippen LogP contribution in [-0.2, 0) is 32.8 Å². The van der Waals surface area contributed by atoms with Crippen molar-refractivity contribution in [3.63, 3.8) is 0 Å². The van der Waals surface area contributed by atoms with E-state index in [-0.39, 0.29) is 16.6 Å². The third-order valence-electron chi connectivity index (χ3n) is 7.61. The summed E-state index contributed by atoms with van der Waals surface area (Å²) in [6, 6.07) is 8.28. The molecular formula is C28H25ClF4N8O2. The van der Waals surface area contributed by atoms with Gasteiger partial charge in [0.2, 0.25) is 11.7 Å². The fourth-order valence-electron chi connectivity index (χ4n) is 5.25. The topological polar surface area (TPSA) is 107 Å². The number of methoxy groups -OCH3 is 1. The lowest BCUT2D eigenvalue weighted by Gasteiger charge is -2.34. The maximum atomic E-state index is 14.3. The second-order valence-corrected chi connectivity index (χ2v) is 10.6. The molecule has 0 radical (unpaired) electrons. The first kappa shape index (κ1) is 28.8. The van der Waals surface area contributed by atoms with Crippen LogP contribution in [0.2, 0.25) is 5.02 Å². The van der Waals surface area contributed by atoms with Crippen LogP contribution in [0.3, 0.4) is 0 Å². The number of alkyl halides is 3. The number of halogens is 5. The lowest BCUT2D eigenvalue weighted by Crippen LogP contribution is -2.35. The molecule has 6 rings (SSSR count). The fourth-order valence-corrected chi connectivity index (χ4v) is 5.41. The maximum absolute atomic E-state index is 14.3. The highest BCUT2D eigenvalue weighted by Gasteiger charge is 2.38. The number of nitrogens with one attached hydrogen (secondary N) is 1. The van der Waals surface area contributed by atoms with Crippen LogP contribution in [0, 0.1) is 5.82 Å². The molecule has 1 N–H and O–H groups in total. The standard InChI is InChI=1S/C28H25ClF4N8O2/c1-14-24-15(8-19(28(31,32)33)27(35-24)43-13-16-4-5-18(29)11-20(16)30)6-7-41(14)12-23-34-25-21(40(23)2)9-17(10-22(25)42-3)26-36-38-39-37-26/h4-5,8-11,14H,6-7,12-13H2,1-3H3,(H,36,37,38,39)/t14-/m0/s1. The number of aromatic amines is 1. The van der Waals surface area contributed by atoms with E-state index in [0.29, 0.717) is 53.4 Å². The molecule has 10 nitrogen and oxygen atoms in total. The molecule has 0 unspecified atom stereocenters. The van der Waals surface area contributed by atoms with Gasteiger partial charge in [-0.05, 0) is 54.5 Å². The molecule has 0 bridgehead atoms. The van der Waals surface area contributed by atoms with Gasteiger partial charge in [0.1, 0.15) is 35.1 Å². The van der Waals surface area contributed by atoms with Crippen LogP contribution >= 0.6 is 11.6 Å². The number of nitrogens with zero attached hydrogens (tertiary/aromatic N) is 7. The van der Waals surface area contributed by atoms with E-state index in [4.69, 9.17) is 26.1 Å². The van der Waals surface area contributed by atoms with Crippen molar-refractivity contribution in [2.75, 3.05) is 13.7 Å². The summed E-state index contributed by atoms with van der Waals surface area (Å²) in [6.45, 7) is 2.31. The zero-order chi connectivity index (χ0) is 30.5. The minimum Gasteiger partial charge on any atom is -0.494 e. The normalized spacial score (nSPS) is 15.6. The monoisotopic (exact) mass is 616 g/mol. The zero-order valence-corrected chi connectivity index (χ0v) is 24.0. The van der Waals surface area contributed by atoms with Gasteiger partial charge in [0, 0.05) is 29.7 Å². The van der Waals surface area contributed by atoms with Gasteiger partial charge in [-0.25, -0.2) is 14.4 Å². The van der Waals surface area contributed by atoms with E-state index >= 15 is 0 Å². The number of benzene rings is 2. The SMILES string of the molecule is COc1cc(-c2nn[nH]n2)cc2c1nc(CN1CCc3cc(C(F)(F)F)c(OCc4ccc(Cl)cc4F)nc3[C@@H]1C)n2C. The Hall–Kier alpha value is -4.30. The van der Waals surface area contributed by atoms with E-state index in [0.717, 1.165) is 23.5 Å². The van der Waals surface area contributed by atoms with Crippen LogP contribution < -0.4 is 9.47 Å². The number of ether oxygens (including phenoxy) is 2. The highest BCUT2D eigenvalue weighted by molar-refractivity contribution is 6.30. The van der Waals surface area contributed by atoms with Gasteiger partial charge in [-0.15, -0.1) is 10.2 Å². The summed E-state index contributed by atoms with van der Waals surface area (Å²) in [6.07, 6.45) is -4.36. The Kier molecular flexibility index (Phi) is 7.42. The van der Waals surface area contributed by atoms with Crippen LogP contribution in [-0.4, -0.2) is 53.7 Å². The Labute approximate surface area is 247 Å². The van der Waals surface area contributed by atoms with Crippen molar-refractivity contribution >= 4 is 22.6 Å². The molecule has 0 fully saturated rings. The second-order valence-electron chi connectivity index (χ2n) is 10.2. The summed E-state index contributed by atoms with van der Waals surface area (Å²) < 4.78 is 69.3. The summed E-state index contributed by atoms with van der Waals surface area (Å²) >= 11 is 5.79. The van der Waals surface area contributed by atoms with Crippen molar-refractivity contribution in [2.24, 2.45) is 7.05 Å². The van der Waals surface area contributed by atoms with E-state index in [1.54, 1.807) is 13.2 Å². The van der Waals surface area contributed by atoms with Gasteiger partial charge in [-0.1, -0.05) is 17.7 Å². The first-order chi connectivity index (χ1) is 20.5. The molecule has 0 aliphatic carbocycles. The van der Waals surface area contributed by atoms with Crippen molar-refractivity contribution < 1.29 is 27.0 Å². The van der Waals surface area contributed by atoms with Crippen molar-refractivity contribution in [1.29, 1.82) is 0 Å². The van der Waals surface area contributed by atoms with Gasteiger partial charge in [-0.2, -0.15) is 18.4 Å². The average Bonchev–Trinajstić information content (AvgIpc) is 3.62. The molecule has 1 atom stereocenters. The molecule has 3 aromatic heterocycles. The molecule has 1 aliphatic heterocycles. The van der Waals surface area contributed by atoms with E-state index in [1.165, 1.54) is 12.1 Å². The first-order valence-electron chi connectivity index (χ1n) is 13.2. The quantitative estimate of drug-likeness (QED) is 0.233. The Bertz CT molecular complexity index is 1810. The van der Waals surface area contributed by atoms with Gasteiger partial charge in [-0.3, -0.25) is 4.90 Å². The van der Waals surface area contributed by atoms with Gasteiger partial charge >= 0.3 is 6.18 Å². The predicted molar refractivity (Wildman–Crippen MR) is 148 cm³/mol. The Morgan fingerprint density at radius 2 is 1.95 bits per heavy atom. The molecule has 1 aliphatic rings. The Balaban J connectivity index is 1.30. The van der Waals surface area contributed by atoms with Crippen LogP contribution in [0.15, 0.2) is 36.4 Å². The van der Waals surface area contributed by atoms with Crippen molar-refractivity contribution in [3.05, 3.63) is 75.4 Å². The number of fused-ring (bicyclic) bond motifs is 2. The number of aryl methyl sites for hydroxylation is 1. The minimum atomic E-state index is -4.71. The lowest BCUT2D eigenvalue weighted by atomic mass is 9.97. The number of aromatic nitrogens is 7. The summed E-state index contributed by atoms with van der Waals surface area (Å²) in [5.74, 6) is 0.384. The number of H-pyrrole nitrogens is 1. The van der Waals surface area contributed by atoms with Crippen LogP contribution in [0.4, 0.5) is 17.6 Å². The third-order valence-corrected chi connectivity index (χ3v) is 7.84. The molecule has 15 heteroatoms. The molecule has 0 saturated carbocycles. The molecule has 0 spiro atoms. The third kappa shape index (κ3) is 5.47. The number of hydrogen-bond acceptors (Lipinski definition) is 8. The molecular weight excluding hydrogens is 592 g/mol. The van der Waals surface area contributed by atoms with Gasteiger partial charge in [0.15, 0.2) is 0 Å². The molecule has 0 saturated heterocycles. The second kappa shape index (κ2) is 11.1. The molecule has 43 heavy (non-hydrogen) atoms. The summed E-state index contributed by atoms with van der Waals surface area (Å²) in [4.78, 5) is 11.3. The maximum Gasteiger partial charge on any atom is 0.421 e. The average molecular weight is 617 g/mol. The molecule has 224 valence electrons. The highest BCUT2D eigenvalue weighted by atomic mass is 35.5. The largest absolute Gasteiger partial charge is 0.494 e. The van der Waals surface area contributed by atoms with Gasteiger partial charge in [0.05, 0.1) is 30.9 Å². The number of imidazole rings is 1. The zero-order valence-electron chi connectivity index (χ0n) is 23.2. The number of rotatable bonds is 7. The number of pyridine rings is 1. The van der Waals surface area contributed by atoms with Crippen molar-refractivity contribution in [2.45, 2.75) is 38.7 Å². The molecule has 2 aromatic carbocycles. The van der Waals surface area contributed by atoms with Crippen LogP contribution in [0.1, 0.15) is 41.2 Å². The lowest BCUT2D eigenvalue weighted by molar-refractivity contribution is -0.139. The predicted octanol–water partition coefficient (Wildman–Crippen LogP) is 5.67. The van der Waals surface area contributed by atoms with Crippen molar-refractivity contribution in [1.82, 2.24) is 40.1 Å². The van der Waals surface area contributed by atoms with Crippen LogP contribution in [0.25, 0.3) is 22.4 Å². The summed E-state index contributed by atoms with van der Waals surface area (Å²) in [5.41, 5.74) is 2.14. The molecule has 4 heterocycles. The minimum absolute atomic E-state index is 0.0616. The number of hydrogen-bond donors (Lipinski definition) is 1. The van der Waals surface area contributed by atoms with E-state index in [1.807, 2.05) is 24.6 Å². The Morgan fingerprint density at radius 3 is 2.65 bits per heavy atom. The van der Waals surface area contributed by atoms with Gasteiger partial charge < -0.3 is 14.0 Å². The first-order valence-corrected chi connectivity index (χ1v) is 13.6. The smallest absolute Gasteiger partial charge is 0.421 e. The van der Waals surface area contributed by atoms with Crippen molar-refractivity contribution in [3.8, 4) is 23.0 Å². The van der Waals surface area contributed by atoms with E-state index in [2.05, 4.69) is 30.5 Å². The van der Waals surface area contributed by atoms with E-state index < -0.39 is 30.0 Å².